The molecule has 0 saturated heterocycles. The van der Waals surface area contributed by atoms with Gasteiger partial charge in [-0.3, -0.25) is 9.59 Å². The number of nitrogens with two attached hydrogens (primary N) is 1. The minimum Gasteiger partial charge on any atom is -0.480 e. The normalized spacial score (nSPS) is 12.2. The fourth-order valence-electron chi connectivity index (χ4n) is 1.31. The molecule has 5 N–H and O–H groups in total. The number of hydrogen-bond donors (Lipinski definition) is 4. The third-order valence-corrected chi connectivity index (χ3v) is 3.00. The minimum atomic E-state index is -1.12. The Balaban J connectivity index is 2.38. The van der Waals surface area contributed by atoms with Crippen molar-refractivity contribution in [2.75, 3.05) is 11.9 Å². The largest absolute Gasteiger partial charge is 0.480 e. The van der Waals surface area contributed by atoms with Crippen molar-refractivity contribution in [3.05, 3.63) is 11.1 Å². The van der Waals surface area contributed by atoms with Gasteiger partial charge in [0.05, 0.1) is 5.69 Å². The smallest absolute Gasteiger partial charge is 0.326 e. The Hall–Kier alpha value is -1.67. The van der Waals surface area contributed by atoms with Gasteiger partial charge in [0.25, 0.3) is 0 Å². The summed E-state index contributed by atoms with van der Waals surface area (Å²) >= 11 is 1.26. The molecule has 8 heteroatoms. The summed E-state index contributed by atoms with van der Waals surface area (Å²) in [7, 11) is 0. The summed E-state index contributed by atoms with van der Waals surface area (Å²) in [5, 5.41) is 16.6. The molecule has 7 nitrogen and oxygen atoms in total. The summed E-state index contributed by atoms with van der Waals surface area (Å²) in [5.41, 5.74) is 5.75. The Morgan fingerprint density at radius 3 is 2.79 bits per heavy atom. The fraction of sp³-hybridized carbons (Fsp3) is 0.545. The van der Waals surface area contributed by atoms with Gasteiger partial charge in [0.15, 0.2) is 5.13 Å². The molecule has 1 aromatic rings. The van der Waals surface area contributed by atoms with Crippen LogP contribution < -0.4 is 16.4 Å². The van der Waals surface area contributed by atoms with Crippen LogP contribution in [-0.4, -0.2) is 34.6 Å². The Kier molecular flexibility index (Phi) is 5.71. The zero-order valence-electron chi connectivity index (χ0n) is 10.8. The van der Waals surface area contributed by atoms with Gasteiger partial charge < -0.3 is 21.5 Å². The quantitative estimate of drug-likeness (QED) is 0.581. The zero-order valence-corrected chi connectivity index (χ0v) is 11.7. The maximum atomic E-state index is 11.4. The lowest BCUT2D eigenvalue weighted by atomic mass is 10.2. The SMILES string of the molecule is CC(C)NC(=O)CCNc1nc(C(N)C(=O)O)cs1. The summed E-state index contributed by atoms with van der Waals surface area (Å²) in [6, 6.07) is -0.997. The molecule has 1 heterocycles. The highest BCUT2D eigenvalue weighted by atomic mass is 32.1. The maximum Gasteiger partial charge on any atom is 0.326 e. The molecular weight excluding hydrogens is 268 g/mol. The van der Waals surface area contributed by atoms with E-state index < -0.39 is 12.0 Å². The van der Waals surface area contributed by atoms with Crippen molar-refractivity contribution < 1.29 is 14.7 Å². The maximum absolute atomic E-state index is 11.4. The van der Waals surface area contributed by atoms with Gasteiger partial charge in [-0.2, -0.15) is 0 Å². The number of thiazole rings is 1. The molecular formula is C11H18N4O3S. The van der Waals surface area contributed by atoms with Crippen molar-refractivity contribution in [1.29, 1.82) is 0 Å². The van der Waals surface area contributed by atoms with Gasteiger partial charge in [-0.15, -0.1) is 11.3 Å². The summed E-state index contributed by atoms with van der Waals surface area (Å²) in [4.78, 5) is 26.1. The molecule has 1 amide bonds. The predicted molar refractivity (Wildman–Crippen MR) is 73.1 cm³/mol. The molecule has 1 rings (SSSR count). The number of hydrogen-bond acceptors (Lipinski definition) is 6. The average Bonchev–Trinajstić information content (AvgIpc) is 2.75. The van der Waals surface area contributed by atoms with Gasteiger partial charge >= 0.3 is 5.97 Å². The van der Waals surface area contributed by atoms with Crippen LogP contribution in [0.5, 0.6) is 0 Å². The van der Waals surface area contributed by atoms with Crippen molar-refractivity contribution >= 4 is 28.3 Å². The number of carbonyl (C=O) groups is 2. The summed E-state index contributed by atoms with van der Waals surface area (Å²) < 4.78 is 0. The van der Waals surface area contributed by atoms with Crippen LogP contribution in [0.4, 0.5) is 5.13 Å². The second kappa shape index (κ2) is 7.05. The topological polar surface area (TPSA) is 117 Å². The summed E-state index contributed by atoms with van der Waals surface area (Å²) in [6.45, 7) is 4.23. The van der Waals surface area contributed by atoms with Gasteiger partial charge in [-0.25, -0.2) is 4.98 Å². The number of nitrogens with one attached hydrogen (secondary N) is 2. The average molecular weight is 286 g/mol. The molecule has 1 unspecified atom stereocenters. The highest BCUT2D eigenvalue weighted by Gasteiger charge is 2.17. The first kappa shape index (κ1) is 15.4. The number of anilines is 1. The zero-order chi connectivity index (χ0) is 14.4. The van der Waals surface area contributed by atoms with E-state index in [9.17, 15) is 9.59 Å². The fourth-order valence-corrected chi connectivity index (χ4v) is 2.09. The van der Waals surface area contributed by atoms with E-state index in [0.717, 1.165) is 0 Å². The lowest BCUT2D eigenvalue weighted by Crippen LogP contribution is -2.31. The molecule has 0 radical (unpaired) electrons. The number of aromatic nitrogens is 1. The first-order valence-corrected chi connectivity index (χ1v) is 6.75. The number of carboxylic acids is 1. The first-order chi connectivity index (χ1) is 8.90. The van der Waals surface area contributed by atoms with Gasteiger partial charge in [-0.1, -0.05) is 0 Å². The number of amides is 1. The van der Waals surface area contributed by atoms with E-state index >= 15 is 0 Å². The minimum absolute atomic E-state index is 0.0403. The second-order valence-corrected chi connectivity index (χ2v) is 5.15. The number of carbonyl (C=O) groups excluding carboxylic acids is 1. The van der Waals surface area contributed by atoms with Crippen molar-refractivity contribution in [3.63, 3.8) is 0 Å². The Labute approximate surface area is 115 Å². The van der Waals surface area contributed by atoms with Crippen LogP contribution >= 0.6 is 11.3 Å². The Morgan fingerprint density at radius 1 is 1.53 bits per heavy atom. The Bertz CT molecular complexity index is 447. The van der Waals surface area contributed by atoms with Crippen LogP contribution in [0.25, 0.3) is 0 Å². The van der Waals surface area contributed by atoms with Crippen LogP contribution in [0.1, 0.15) is 32.0 Å². The van der Waals surface area contributed by atoms with Crippen LogP contribution in [0.3, 0.4) is 0 Å². The van der Waals surface area contributed by atoms with Crippen molar-refractivity contribution in [2.45, 2.75) is 32.4 Å². The molecule has 106 valence electrons. The van der Waals surface area contributed by atoms with Crippen LogP contribution in [0.15, 0.2) is 5.38 Å². The summed E-state index contributed by atoms with van der Waals surface area (Å²) in [6.07, 6.45) is 0.331. The molecule has 0 aromatic carbocycles. The molecule has 0 aliphatic heterocycles. The summed E-state index contributed by atoms with van der Waals surface area (Å²) in [5.74, 6) is -1.16. The number of aliphatic carboxylic acids is 1. The monoisotopic (exact) mass is 286 g/mol. The number of rotatable bonds is 7. The van der Waals surface area contributed by atoms with E-state index in [0.29, 0.717) is 23.8 Å². The highest BCUT2D eigenvalue weighted by molar-refractivity contribution is 7.13. The third kappa shape index (κ3) is 5.23. The molecule has 1 atom stereocenters. The molecule has 0 spiro atoms. The van der Waals surface area contributed by atoms with E-state index in [1.807, 2.05) is 13.8 Å². The van der Waals surface area contributed by atoms with Crippen LogP contribution in [0, 0.1) is 0 Å². The Morgan fingerprint density at radius 2 is 2.21 bits per heavy atom. The second-order valence-electron chi connectivity index (χ2n) is 4.29. The van der Waals surface area contributed by atoms with E-state index in [2.05, 4.69) is 15.6 Å². The van der Waals surface area contributed by atoms with Crippen molar-refractivity contribution in [1.82, 2.24) is 10.3 Å². The molecule has 0 bridgehead atoms. The molecule has 0 saturated carbocycles. The first-order valence-electron chi connectivity index (χ1n) is 5.87. The van der Waals surface area contributed by atoms with E-state index in [-0.39, 0.29) is 11.9 Å². The third-order valence-electron chi connectivity index (χ3n) is 2.18. The lowest BCUT2D eigenvalue weighted by molar-refractivity contribution is -0.138. The van der Waals surface area contributed by atoms with Gasteiger partial charge in [0.2, 0.25) is 5.91 Å². The molecule has 19 heavy (non-hydrogen) atoms. The predicted octanol–water partition coefficient (Wildman–Crippen LogP) is 0.554. The molecule has 0 aliphatic rings. The van der Waals surface area contributed by atoms with Gasteiger partial charge in [0, 0.05) is 24.4 Å². The standard InChI is InChI=1S/C11H18N4O3S/c1-6(2)14-8(16)3-4-13-11-15-7(5-19-11)9(12)10(17)18/h5-6,9H,3-4,12H2,1-2H3,(H,13,15)(H,14,16)(H,17,18). The molecule has 0 aliphatic carbocycles. The molecule has 1 aromatic heterocycles. The number of carboxylic acid groups (broad SMARTS) is 1. The highest BCUT2D eigenvalue weighted by Crippen LogP contribution is 2.19. The van der Waals surface area contributed by atoms with Crippen molar-refractivity contribution in [3.8, 4) is 0 Å². The van der Waals surface area contributed by atoms with E-state index in [4.69, 9.17) is 10.8 Å². The van der Waals surface area contributed by atoms with Crippen molar-refractivity contribution in [2.24, 2.45) is 5.73 Å². The van der Waals surface area contributed by atoms with Crippen LogP contribution in [-0.2, 0) is 9.59 Å². The van der Waals surface area contributed by atoms with Gasteiger partial charge in [-0.05, 0) is 13.8 Å². The lowest BCUT2D eigenvalue weighted by Gasteiger charge is -2.08. The van der Waals surface area contributed by atoms with E-state index in [1.165, 1.54) is 11.3 Å². The number of nitrogens with zero attached hydrogens (tertiary/aromatic N) is 1. The molecule has 0 fully saturated rings. The van der Waals surface area contributed by atoms with Gasteiger partial charge in [0.1, 0.15) is 6.04 Å². The van der Waals surface area contributed by atoms with E-state index in [1.54, 1.807) is 5.38 Å². The van der Waals surface area contributed by atoms with Crippen LogP contribution in [0.2, 0.25) is 0 Å².